The molecule has 0 atom stereocenters. The van der Waals surface area contributed by atoms with Crippen molar-refractivity contribution in [2.75, 3.05) is 24.5 Å². The van der Waals surface area contributed by atoms with E-state index in [1.807, 2.05) is 19.1 Å². The van der Waals surface area contributed by atoms with Crippen molar-refractivity contribution in [1.82, 2.24) is 4.90 Å². The first-order chi connectivity index (χ1) is 17.3. The molecule has 2 aromatic rings. The summed E-state index contributed by atoms with van der Waals surface area (Å²) in [6.45, 7) is 7.45. The third-order valence-corrected chi connectivity index (χ3v) is 7.74. The zero-order valence-electron chi connectivity index (χ0n) is 20.4. The van der Waals surface area contributed by atoms with Crippen molar-refractivity contribution in [3.8, 4) is 0 Å². The van der Waals surface area contributed by atoms with Crippen LogP contribution in [0.4, 0.5) is 10.1 Å². The quantitative estimate of drug-likeness (QED) is 0.355. The maximum atomic E-state index is 14.3. The lowest BCUT2D eigenvalue weighted by Gasteiger charge is -2.30. The van der Waals surface area contributed by atoms with Crippen LogP contribution in [-0.4, -0.2) is 47.4 Å². The average molecular weight is 488 g/mol. The van der Waals surface area contributed by atoms with Gasteiger partial charge in [0, 0.05) is 53.6 Å². The number of hydrogen-bond donors (Lipinski definition) is 1. The number of amidine groups is 1. The van der Waals surface area contributed by atoms with Crippen molar-refractivity contribution in [2.24, 2.45) is 10.9 Å². The van der Waals surface area contributed by atoms with Crippen LogP contribution < -0.4 is 4.90 Å². The lowest BCUT2D eigenvalue weighted by molar-refractivity contribution is -0.143. The molecule has 7 heteroatoms. The largest absolute Gasteiger partial charge is 0.481 e. The Kier molecular flexibility index (Phi) is 6.24. The number of aliphatic imine (C=N–C) groups is 1. The number of amides is 1. The number of piperidine rings is 1. The minimum Gasteiger partial charge on any atom is -0.481 e. The second-order valence-corrected chi connectivity index (χ2v) is 9.95. The zero-order valence-corrected chi connectivity index (χ0v) is 20.4. The van der Waals surface area contributed by atoms with Gasteiger partial charge in [-0.1, -0.05) is 36.9 Å². The number of anilines is 1. The van der Waals surface area contributed by atoms with Gasteiger partial charge in [0.2, 0.25) is 0 Å². The Morgan fingerprint density at radius 1 is 1.17 bits per heavy atom. The molecule has 0 unspecified atom stereocenters. The molecule has 5 rings (SSSR count). The van der Waals surface area contributed by atoms with E-state index in [1.54, 1.807) is 35.4 Å². The molecule has 1 amide bonds. The molecule has 2 fully saturated rings. The number of halogens is 1. The molecule has 1 spiro atoms. The Balaban J connectivity index is 1.41. The molecule has 1 saturated heterocycles. The van der Waals surface area contributed by atoms with Gasteiger partial charge in [-0.25, -0.2) is 9.38 Å². The lowest BCUT2D eigenvalue weighted by Crippen LogP contribution is -2.40. The van der Waals surface area contributed by atoms with E-state index >= 15 is 0 Å². The minimum absolute atomic E-state index is 0.0682. The second kappa shape index (κ2) is 9.37. The molecule has 2 heterocycles. The lowest BCUT2D eigenvalue weighted by atomic mass is 9.95. The van der Waals surface area contributed by atoms with E-state index in [9.17, 15) is 19.1 Å². The van der Waals surface area contributed by atoms with Gasteiger partial charge in [-0.15, -0.1) is 0 Å². The van der Waals surface area contributed by atoms with Crippen molar-refractivity contribution >= 4 is 29.0 Å². The fourth-order valence-corrected chi connectivity index (χ4v) is 5.35. The third-order valence-electron chi connectivity index (χ3n) is 7.74. The van der Waals surface area contributed by atoms with Crippen LogP contribution in [0.1, 0.15) is 54.1 Å². The number of carboxylic acids is 1. The van der Waals surface area contributed by atoms with Crippen LogP contribution in [0.3, 0.4) is 0 Å². The molecule has 2 aromatic carbocycles. The van der Waals surface area contributed by atoms with Gasteiger partial charge in [-0.05, 0) is 56.4 Å². The minimum atomic E-state index is -0.788. The summed E-state index contributed by atoms with van der Waals surface area (Å²) in [5.74, 6) is -0.793. The van der Waals surface area contributed by atoms with Crippen molar-refractivity contribution in [3.63, 3.8) is 0 Å². The van der Waals surface area contributed by atoms with Crippen LogP contribution in [-0.2, 0) is 10.2 Å². The predicted octanol–water partition coefficient (Wildman–Crippen LogP) is 5.26. The Morgan fingerprint density at radius 2 is 1.89 bits per heavy atom. The van der Waals surface area contributed by atoms with Crippen molar-refractivity contribution in [3.05, 3.63) is 83.8 Å². The van der Waals surface area contributed by atoms with E-state index in [2.05, 4.69) is 22.5 Å². The second-order valence-electron chi connectivity index (χ2n) is 9.95. The Bertz CT molecular complexity index is 1290. The van der Waals surface area contributed by atoms with Crippen molar-refractivity contribution in [1.29, 1.82) is 0 Å². The summed E-state index contributed by atoms with van der Waals surface area (Å²) in [5, 5.41) is 9.25. The molecule has 3 aliphatic rings. The van der Waals surface area contributed by atoms with Gasteiger partial charge in [-0.3, -0.25) is 9.59 Å². The fraction of sp³-hybridized carbons (Fsp3) is 0.345. The topological polar surface area (TPSA) is 73.2 Å². The number of hydrogen-bond acceptors (Lipinski definition) is 3. The molecule has 1 aliphatic carbocycles. The van der Waals surface area contributed by atoms with Gasteiger partial charge >= 0.3 is 5.97 Å². The average Bonchev–Trinajstić information content (AvgIpc) is 3.60. The molecule has 0 bridgehead atoms. The number of aliphatic carboxylic acids is 1. The number of carbonyl (C=O) groups excluding carboxylic acids is 1. The highest BCUT2D eigenvalue weighted by Gasteiger charge is 2.52. The number of carboxylic acid groups (broad SMARTS) is 1. The highest BCUT2D eigenvalue weighted by Crippen LogP contribution is 2.56. The summed E-state index contributed by atoms with van der Waals surface area (Å²) in [6, 6.07) is 12.5. The highest BCUT2D eigenvalue weighted by atomic mass is 19.1. The van der Waals surface area contributed by atoms with Crippen LogP contribution in [0.25, 0.3) is 5.57 Å². The van der Waals surface area contributed by atoms with Crippen LogP contribution in [0.2, 0.25) is 0 Å². The van der Waals surface area contributed by atoms with Crippen molar-refractivity contribution < 1.29 is 19.1 Å². The van der Waals surface area contributed by atoms with Gasteiger partial charge in [0.25, 0.3) is 5.91 Å². The third kappa shape index (κ3) is 4.34. The summed E-state index contributed by atoms with van der Waals surface area (Å²) < 4.78 is 14.3. The van der Waals surface area contributed by atoms with Gasteiger partial charge in [0.1, 0.15) is 11.7 Å². The molecule has 1 saturated carbocycles. The zero-order chi connectivity index (χ0) is 25.4. The number of allylic oxidation sites excluding steroid dienone is 2. The molecule has 0 radical (unpaired) electrons. The van der Waals surface area contributed by atoms with E-state index in [0.29, 0.717) is 42.6 Å². The van der Waals surface area contributed by atoms with Crippen LogP contribution in [0, 0.1) is 11.7 Å². The smallest absolute Gasteiger partial charge is 0.306 e. The maximum absolute atomic E-state index is 14.3. The van der Waals surface area contributed by atoms with E-state index < -0.39 is 5.97 Å². The molecule has 2 aliphatic heterocycles. The Morgan fingerprint density at radius 3 is 2.53 bits per heavy atom. The van der Waals surface area contributed by atoms with Crippen LogP contribution >= 0.6 is 0 Å². The van der Waals surface area contributed by atoms with Crippen LogP contribution in [0.5, 0.6) is 0 Å². The standard InChI is InChI=1S/C29H30FN3O3/c1-3-20(23-6-4-5-7-25(23)30)17-31-19(2)33-18-29(12-13-29)24-9-8-22(16-26(24)33)27(34)32-14-10-21(11-15-32)28(35)36/h3-9,16-17,21H,1,10-15,18H2,2H3,(H,35,36)/b20-17+,31-19+. The van der Waals surface area contributed by atoms with E-state index in [1.165, 1.54) is 11.6 Å². The normalized spacial score (nSPS) is 19.4. The Labute approximate surface area is 210 Å². The van der Waals surface area contributed by atoms with Gasteiger partial charge < -0.3 is 14.9 Å². The summed E-state index contributed by atoms with van der Waals surface area (Å²) >= 11 is 0. The molecule has 36 heavy (non-hydrogen) atoms. The van der Waals surface area contributed by atoms with Gasteiger partial charge in [0.05, 0.1) is 5.92 Å². The number of likely N-dealkylation sites (tertiary alicyclic amines) is 1. The first-order valence-electron chi connectivity index (χ1n) is 12.4. The Hall–Kier alpha value is -3.74. The number of carbonyl (C=O) groups is 2. The van der Waals surface area contributed by atoms with Gasteiger partial charge in [-0.2, -0.15) is 0 Å². The number of fused-ring (bicyclic) bond motifs is 2. The molecule has 186 valence electrons. The first kappa shape index (κ1) is 24.0. The first-order valence-corrected chi connectivity index (χ1v) is 12.4. The highest BCUT2D eigenvalue weighted by molar-refractivity contribution is 6.02. The summed E-state index contributed by atoms with van der Waals surface area (Å²) in [6.07, 6.45) is 6.39. The summed E-state index contributed by atoms with van der Waals surface area (Å²) in [4.78, 5) is 33.1. The van der Waals surface area contributed by atoms with Crippen molar-refractivity contribution in [2.45, 2.75) is 38.0 Å². The van der Waals surface area contributed by atoms with E-state index in [0.717, 1.165) is 30.9 Å². The molecule has 0 aromatic heterocycles. The predicted molar refractivity (Wildman–Crippen MR) is 139 cm³/mol. The van der Waals surface area contributed by atoms with E-state index in [-0.39, 0.29) is 23.1 Å². The maximum Gasteiger partial charge on any atom is 0.306 e. The fourth-order valence-electron chi connectivity index (χ4n) is 5.35. The SMILES string of the molecule is C=C/C(=C\N=C(/C)N1CC2(CC2)c2ccc(C(=O)N3CCC(C(=O)O)CC3)cc21)c1ccccc1F. The summed E-state index contributed by atoms with van der Waals surface area (Å²) in [7, 11) is 0. The molecule has 6 nitrogen and oxygen atoms in total. The molecular formula is C29H30FN3O3. The number of nitrogens with zero attached hydrogens (tertiary/aromatic N) is 3. The van der Waals surface area contributed by atoms with Crippen LogP contribution in [0.15, 0.2) is 66.3 Å². The number of benzene rings is 2. The van der Waals surface area contributed by atoms with Gasteiger partial charge in [0.15, 0.2) is 0 Å². The summed E-state index contributed by atoms with van der Waals surface area (Å²) in [5.41, 5.74) is 3.97. The van der Waals surface area contributed by atoms with E-state index in [4.69, 9.17) is 0 Å². The monoisotopic (exact) mass is 487 g/mol. The molecule has 1 N–H and O–H groups in total. The molecular weight excluding hydrogens is 457 g/mol. The number of rotatable bonds is 5.